The van der Waals surface area contributed by atoms with E-state index in [0.717, 1.165) is 24.2 Å². The van der Waals surface area contributed by atoms with Gasteiger partial charge in [0, 0.05) is 5.56 Å². The van der Waals surface area contributed by atoms with E-state index in [2.05, 4.69) is 10.1 Å². The number of aromatic nitrogens is 2. The molecule has 0 bridgehead atoms. The number of rotatable bonds is 4. The van der Waals surface area contributed by atoms with Crippen molar-refractivity contribution in [2.45, 2.75) is 25.5 Å². The van der Waals surface area contributed by atoms with Crippen molar-refractivity contribution in [3.05, 3.63) is 30.2 Å². The second-order valence-corrected chi connectivity index (χ2v) is 4.06. The summed E-state index contributed by atoms with van der Waals surface area (Å²) in [7, 11) is 0. The Morgan fingerprint density at radius 3 is 3.00 bits per heavy atom. The Kier molecular flexibility index (Phi) is 2.53. The van der Waals surface area contributed by atoms with Gasteiger partial charge in [0.2, 0.25) is 11.7 Å². The number of nitrogens with zero attached hydrogens (tertiary/aromatic N) is 2. The lowest BCUT2D eigenvalue weighted by Crippen LogP contribution is -1.96. The fraction of sp³-hybridized carbons (Fsp3) is 0.333. The van der Waals surface area contributed by atoms with E-state index in [4.69, 9.17) is 15.0 Å². The molecule has 17 heavy (non-hydrogen) atoms. The molecule has 0 spiro atoms. The standard InChI is InChI=1S/C12H13N3O2/c13-7-11-14-12(15-17-11)8-2-1-3-10(6-8)16-9-4-5-9/h1-3,6,9H,4-5,7,13H2. The zero-order valence-corrected chi connectivity index (χ0v) is 9.30. The Morgan fingerprint density at radius 2 is 2.29 bits per heavy atom. The maximum Gasteiger partial charge on any atom is 0.240 e. The smallest absolute Gasteiger partial charge is 0.240 e. The molecule has 5 nitrogen and oxygen atoms in total. The molecule has 0 unspecified atom stereocenters. The SMILES string of the molecule is NCc1nc(-c2cccc(OC3CC3)c2)no1. The van der Waals surface area contributed by atoms with Gasteiger partial charge in [-0.3, -0.25) is 0 Å². The van der Waals surface area contributed by atoms with Crippen LogP contribution in [0, 0.1) is 0 Å². The highest BCUT2D eigenvalue weighted by Gasteiger charge is 2.23. The number of ether oxygens (including phenoxy) is 1. The van der Waals surface area contributed by atoms with Crippen LogP contribution in [0.25, 0.3) is 11.4 Å². The van der Waals surface area contributed by atoms with E-state index in [1.807, 2.05) is 24.3 Å². The van der Waals surface area contributed by atoms with Crippen molar-refractivity contribution in [2.24, 2.45) is 5.73 Å². The van der Waals surface area contributed by atoms with Crippen LogP contribution >= 0.6 is 0 Å². The van der Waals surface area contributed by atoms with Crippen LogP contribution in [0.2, 0.25) is 0 Å². The minimum atomic E-state index is 0.255. The summed E-state index contributed by atoms with van der Waals surface area (Å²) < 4.78 is 10.7. The monoisotopic (exact) mass is 231 g/mol. The number of nitrogens with two attached hydrogens (primary N) is 1. The summed E-state index contributed by atoms with van der Waals surface area (Å²) in [4.78, 5) is 4.18. The fourth-order valence-electron chi connectivity index (χ4n) is 1.54. The van der Waals surface area contributed by atoms with Gasteiger partial charge in [-0.05, 0) is 25.0 Å². The summed E-state index contributed by atoms with van der Waals surface area (Å²) in [6.07, 6.45) is 2.67. The van der Waals surface area contributed by atoms with E-state index < -0.39 is 0 Å². The van der Waals surface area contributed by atoms with Crippen molar-refractivity contribution in [1.82, 2.24) is 10.1 Å². The van der Waals surface area contributed by atoms with E-state index >= 15 is 0 Å². The summed E-state index contributed by atoms with van der Waals surface area (Å²) in [6.45, 7) is 0.255. The van der Waals surface area contributed by atoms with Gasteiger partial charge in [0.05, 0.1) is 12.6 Å². The Balaban J connectivity index is 1.85. The lowest BCUT2D eigenvalue weighted by Gasteiger charge is -2.04. The maximum absolute atomic E-state index is 5.71. The minimum Gasteiger partial charge on any atom is -0.490 e. The Hall–Kier alpha value is -1.88. The average Bonchev–Trinajstić information content (AvgIpc) is 3.04. The quantitative estimate of drug-likeness (QED) is 0.867. The van der Waals surface area contributed by atoms with E-state index in [1.165, 1.54) is 0 Å². The molecule has 1 fully saturated rings. The molecular weight excluding hydrogens is 218 g/mol. The van der Waals surface area contributed by atoms with Gasteiger partial charge in [-0.15, -0.1) is 0 Å². The largest absolute Gasteiger partial charge is 0.490 e. The molecule has 1 saturated carbocycles. The van der Waals surface area contributed by atoms with Gasteiger partial charge in [0.25, 0.3) is 0 Å². The summed E-state index contributed by atoms with van der Waals surface area (Å²) in [5.74, 6) is 1.84. The van der Waals surface area contributed by atoms with Gasteiger partial charge in [-0.25, -0.2) is 0 Å². The van der Waals surface area contributed by atoms with Crippen LogP contribution in [-0.2, 0) is 6.54 Å². The predicted molar refractivity (Wildman–Crippen MR) is 61.3 cm³/mol. The third kappa shape index (κ3) is 2.29. The first kappa shape index (κ1) is 10.3. The van der Waals surface area contributed by atoms with Crippen molar-refractivity contribution >= 4 is 0 Å². The molecule has 1 aliphatic rings. The molecule has 2 N–H and O–H groups in total. The molecule has 1 aromatic carbocycles. The molecule has 5 heteroatoms. The first-order valence-corrected chi connectivity index (χ1v) is 5.65. The van der Waals surface area contributed by atoms with E-state index in [0.29, 0.717) is 17.8 Å². The normalized spacial score (nSPS) is 14.9. The number of benzene rings is 1. The molecule has 1 aliphatic carbocycles. The molecule has 0 radical (unpaired) electrons. The van der Waals surface area contributed by atoms with Gasteiger partial charge >= 0.3 is 0 Å². The molecule has 0 saturated heterocycles. The van der Waals surface area contributed by atoms with Gasteiger partial charge in [0.1, 0.15) is 5.75 Å². The highest BCUT2D eigenvalue weighted by atomic mass is 16.5. The van der Waals surface area contributed by atoms with E-state index in [-0.39, 0.29) is 6.54 Å². The lowest BCUT2D eigenvalue weighted by molar-refractivity contribution is 0.303. The molecule has 0 amide bonds. The van der Waals surface area contributed by atoms with Gasteiger partial charge < -0.3 is 15.0 Å². The predicted octanol–water partition coefficient (Wildman–Crippen LogP) is 1.74. The highest BCUT2D eigenvalue weighted by molar-refractivity contribution is 5.56. The second kappa shape index (κ2) is 4.18. The third-order valence-electron chi connectivity index (χ3n) is 2.56. The lowest BCUT2D eigenvalue weighted by atomic mass is 10.2. The molecule has 1 aromatic heterocycles. The van der Waals surface area contributed by atoms with Crippen LogP contribution in [0.5, 0.6) is 5.75 Å². The van der Waals surface area contributed by atoms with Crippen LogP contribution in [-0.4, -0.2) is 16.2 Å². The van der Waals surface area contributed by atoms with Crippen molar-refractivity contribution in [2.75, 3.05) is 0 Å². The first-order chi connectivity index (χ1) is 8.35. The van der Waals surface area contributed by atoms with Crippen molar-refractivity contribution in [3.63, 3.8) is 0 Å². The zero-order chi connectivity index (χ0) is 11.7. The summed E-state index contributed by atoms with van der Waals surface area (Å²) in [5.41, 5.74) is 6.31. The summed E-state index contributed by atoms with van der Waals surface area (Å²) in [6, 6.07) is 7.70. The molecule has 0 atom stereocenters. The highest BCUT2D eigenvalue weighted by Crippen LogP contribution is 2.28. The van der Waals surface area contributed by atoms with Crippen LogP contribution in [0.3, 0.4) is 0 Å². The first-order valence-electron chi connectivity index (χ1n) is 5.65. The summed E-state index contributed by atoms with van der Waals surface area (Å²) >= 11 is 0. The van der Waals surface area contributed by atoms with Crippen molar-refractivity contribution in [3.8, 4) is 17.1 Å². The van der Waals surface area contributed by atoms with Gasteiger partial charge in [-0.1, -0.05) is 17.3 Å². The van der Waals surface area contributed by atoms with Crippen LogP contribution in [0.4, 0.5) is 0 Å². The molecular formula is C12H13N3O2. The summed E-state index contributed by atoms with van der Waals surface area (Å²) in [5, 5.41) is 3.87. The zero-order valence-electron chi connectivity index (χ0n) is 9.30. The second-order valence-electron chi connectivity index (χ2n) is 4.06. The fourth-order valence-corrected chi connectivity index (χ4v) is 1.54. The average molecular weight is 231 g/mol. The minimum absolute atomic E-state index is 0.255. The van der Waals surface area contributed by atoms with Crippen LogP contribution in [0.15, 0.2) is 28.8 Å². The number of hydrogen-bond acceptors (Lipinski definition) is 5. The van der Waals surface area contributed by atoms with Crippen molar-refractivity contribution in [1.29, 1.82) is 0 Å². The van der Waals surface area contributed by atoms with Gasteiger partial charge in [-0.2, -0.15) is 4.98 Å². The van der Waals surface area contributed by atoms with E-state index in [1.54, 1.807) is 0 Å². The van der Waals surface area contributed by atoms with Crippen molar-refractivity contribution < 1.29 is 9.26 Å². The maximum atomic E-state index is 5.71. The number of hydrogen-bond donors (Lipinski definition) is 1. The van der Waals surface area contributed by atoms with Gasteiger partial charge in [0.15, 0.2) is 0 Å². The Labute approximate surface area is 98.6 Å². The Morgan fingerprint density at radius 1 is 1.41 bits per heavy atom. The molecule has 2 aromatic rings. The topological polar surface area (TPSA) is 74.2 Å². The Bertz CT molecular complexity index is 520. The molecule has 3 rings (SSSR count). The molecule has 0 aliphatic heterocycles. The third-order valence-corrected chi connectivity index (χ3v) is 2.56. The molecule has 1 heterocycles. The van der Waals surface area contributed by atoms with E-state index in [9.17, 15) is 0 Å². The molecule has 88 valence electrons. The van der Waals surface area contributed by atoms with Crippen LogP contribution in [0.1, 0.15) is 18.7 Å². The van der Waals surface area contributed by atoms with Crippen LogP contribution < -0.4 is 10.5 Å².